The second-order valence-corrected chi connectivity index (χ2v) is 5.90. The first-order valence-electron chi connectivity index (χ1n) is 7.67. The third-order valence-electron chi connectivity index (χ3n) is 4.16. The number of hydrogen-bond donors (Lipinski definition) is 1. The smallest absolute Gasteiger partial charge is 0.303 e. The number of aliphatic carboxylic acids is 1. The lowest BCUT2D eigenvalue weighted by molar-refractivity contribution is -0.137. The normalized spacial score (nSPS) is 18.1. The molecule has 1 heterocycles. The van der Waals surface area contributed by atoms with Gasteiger partial charge < -0.3 is 14.7 Å². The number of amides is 1. The second-order valence-electron chi connectivity index (χ2n) is 5.90. The van der Waals surface area contributed by atoms with Crippen molar-refractivity contribution in [3.05, 3.63) is 29.3 Å². The molecule has 1 saturated heterocycles. The van der Waals surface area contributed by atoms with Crippen LogP contribution in [-0.2, 0) is 4.79 Å². The molecular weight excluding hydrogens is 282 g/mol. The summed E-state index contributed by atoms with van der Waals surface area (Å²) in [6.45, 7) is 3.31. The predicted molar refractivity (Wildman–Crippen MR) is 83.2 cm³/mol. The number of benzene rings is 1. The van der Waals surface area contributed by atoms with Gasteiger partial charge in [-0.25, -0.2) is 0 Å². The Morgan fingerprint density at radius 1 is 1.41 bits per heavy atom. The van der Waals surface area contributed by atoms with Crippen LogP contribution in [0.25, 0.3) is 0 Å². The van der Waals surface area contributed by atoms with E-state index in [1.165, 1.54) is 0 Å². The van der Waals surface area contributed by atoms with Gasteiger partial charge in [0.15, 0.2) is 0 Å². The molecule has 2 rings (SSSR count). The number of carbonyl (C=O) groups is 2. The Morgan fingerprint density at radius 3 is 2.86 bits per heavy atom. The lowest BCUT2D eigenvalue weighted by Crippen LogP contribution is -2.40. The Hall–Kier alpha value is -2.04. The summed E-state index contributed by atoms with van der Waals surface area (Å²) in [5, 5.41) is 8.79. The topological polar surface area (TPSA) is 66.8 Å². The molecule has 0 aliphatic carbocycles. The maximum Gasteiger partial charge on any atom is 0.303 e. The summed E-state index contributed by atoms with van der Waals surface area (Å²) < 4.78 is 5.32. The summed E-state index contributed by atoms with van der Waals surface area (Å²) in [6.07, 6.45) is 2.71. The Kier molecular flexibility index (Phi) is 5.41. The van der Waals surface area contributed by atoms with E-state index >= 15 is 0 Å². The number of carboxylic acid groups (broad SMARTS) is 1. The fourth-order valence-corrected chi connectivity index (χ4v) is 2.96. The minimum atomic E-state index is -0.774. The highest BCUT2D eigenvalue weighted by Gasteiger charge is 2.26. The molecule has 1 aromatic carbocycles. The van der Waals surface area contributed by atoms with Gasteiger partial charge in [-0.1, -0.05) is 6.07 Å². The van der Waals surface area contributed by atoms with Crippen LogP contribution in [0.1, 0.15) is 41.6 Å². The van der Waals surface area contributed by atoms with Crippen molar-refractivity contribution in [3.8, 4) is 5.75 Å². The van der Waals surface area contributed by atoms with Crippen molar-refractivity contribution < 1.29 is 19.4 Å². The molecule has 5 heteroatoms. The van der Waals surface area contributed by atoms with Crippen LogP contribution in [0, 0.1) is 12.8 Å². The van der Waals surface area contributed by atoms with E-state index in [1.807, 2.05) is 24.0 Å². The van der Waals surface area contributed by atoms with Gasteiger partial charge in [-0.15, -0.1) is 0 Å². The third kappa shape index (κ3) is 4.00. The molecule has 1 fully saturated rings. The molecule has 1 N–H and O–H groups in total. The zero-order valence-corrected chi connectivity index (χ0v) is 13.2. The van der Waals surface area contributed by atoms with Gasteiger partial charge in [0.2, 0.25) is 0 Å². The Labute approximate surface area is 130 Å². The molecule has 1 unspecified atom stereocenters. The minimum Gasteiger partial charge on any atom is -0.496 e. The largest absolute Gasteiger partial charge is 0.496 e. The van der Waals surface area contributed by atoms with Crippen LogP contribution in [-0.4, -0.2) is 42.1 Å². The Bertz CT molecular complexity index is 556. The quantitative estimate of drug-likeness (QED) is 0.908. The van der Waals surface area contributed by atoms with E-state index in [2.05, 4.69) is 0 Å². The second kappa shape index (κ2) is 7.29. The number of hydrogen-bond acceptors (Lipinski definition) is 3. The summed E-state index contributed by atoms with van der Waals surface area (Å²) in [5.41, 5.74) is 1.62. The van der Waals surface area contributed by atoms with E-state index in [1.54, 1.807) is 13.2 Å². The van der Waals surface area contributed by atoms with Gasteiger partial charge in [0, 0.05) is 19.5 Å². The first-order chi connectivity index (χ1) is 10.5. The number of nitrogens with zero attached hydrogens (tertiary/aromatic N) is 1. The highest BCUT2D eigenvalue weighted by atomic mass is 16.5. The predicted octanol–water partition coefficient (Wildman–Crippen LogP) is 2.72. The number of aryl methyl sites for hydroxylation is 1. The van der Waals surface area contributed by atoms with E-state index in [0.29, 0.717) is 24.3 Å². The van der Waals surface area contributed by atoms with Crippen LogP contribution in [0.15, 0.2) is 18.2 Å². The Morgan fingerprint density at radius 2 is 2.18 bits per heavy atom. The van der Waals surface area contributed by atoms with Crippen molar-refractivity contribution in [2.24, 2.45) is 5.92 Å². The van der Waals surface area contributed by atoms with Crippen molar-refractivity contribution in [2.45, 2.75) is 32.6 Å². The molecule has 1 aliphatic rings. The number of likely N-dealkylation sites (tertiary alicyclic amines) is 1. The minimum absolute atomic E-state index is 0.0307. The molecule has 1 atom stereocenters. The molecule has 22 heavy (non-hydrogen) atoms. The monoisotopic (exact) mass is 305 g/mol. The molecule has 5 nitrogen and oxygen atoms in total. The average molecular weight is 305 g/mol. The van der Waals surface area contributed by atoms with Gasteiger partial charge in [0.1, 0.15) is 5.75 Å². The van der Waals surface area contributed by atoms with E-state index in [4.69, 9.17) is 9.84 Å². The SMILES string of the molecule is COc1cc(C)ccc1C(=O)N1CCCC(CCC(=O)O)C1. The van der Waals surface area contributed by atoms with Crippen LogP contribution in [0.3, 0.4) is 0 Å². The van der Waals surface area contributed by atoms with Crippen LogP contribution >= 0.6 is 0 Å². The van der Waals surface area contributed by atoms with E-state index in [-0.39, 0.29) is 18.2 Å². The Balaban J connectivity index is 2.07. The van der Waals surface area contributed by atoms with Gasteiger partial charge in [0.05, 0.1) is 12.7 Å². The number of ether oxygens (including phenoxy) is 1. The van der Waals surface area contributed by atoms with Crippen LogP contribution in [0.4, 0.5) is 0 Å². The summed E-state index contributed by atoms with van der Waals surface area (Å²) in [7, 11) is 1.57. The van der Waals surface area contributed by atoms with Gasteiger partial charge >= 0.3 is 5.97 Å². The molecule has 0 radical (unpaired) electrons. The number of methoxy groups -OCH3 is 1. The molecule has 0 saturated carbocycles. The van der Waals surface area contributed by atoms with Crippen LogP contribution < -0.4 is 4.74 Å². The molecule has 0 aromatic heterocycles. The number of piperidine rings is 1. The van der Waals surface area contributed by atoms with E-state index in [9.17, 15) is 9.59 Å². The summed E-state index contributed by atoms with van der Waals surface area (Å²) in [6, 6.07) is 5.57. The van der Waals surface area contributed by atoms with Gasteiger partial charge in [0.25, 0.3) is 5.91 Å². The fourth-order valence-electron chi connectivity index (χ4n) is 2.96. The highest BCUT2D eigenvalue weighted by Crippen LogP contribution is 2.26. The van der Waals surface area contributed by atoms with Crippen molar-refractivity contribution in [1.29, 1.82) is 0 Å². The maximum absolute atomic E-state index is 12.7. The molecule has 1 amide bonds. The average Bonchev–Trinajstić information content (AvgIpc) is 2.52. The standard InChI is InChI=1S/C17H23NO4/c1-12-5-7-14(15(10-12)22-2)17(21)18-9-3-4-13(11-18)6-8-16(19)20/h5,7,10,13H,3-4,6,8-9,11H2,1-2H3,(H,19,20). The van der Waals surface area contributed by atoms with Gasteiger partial charge in [-0.2, -0.15) is 0 Å². The number of rotatable bonds is 5. The fraction of sp³-hybridized carbons (Fsp3) is 0.529. The number of carbonyl (C=O) groups excluding carboxylic acids is 1. The molecule has 1 aromatic rings. The first-order valence-corrected chi connectivity index (χ1v) is 7.67. The van der Waals surface area contributed by atoms with E-state index < -0.39 is 5.97 Å². The molecule has 1 aliphatic heterocycles. The highest BCUT2D eigenvalue weighted by molar-refractivity contribution is 5.97. The molecule has 0 bridgehead atoms. The van der Waals surface area contributed by atoms with Gasteiger partial charge in [-0.05, 0) is 49.8 Å². The van der Waals surface area contributed by atoms with Crippen molar-refractivity contribution in [3.63, 3.8) is 0 Å². The zero-order valence-electron chi connectivity index (χ0n) is 13.2. The van der Waals surface area contributed by atoms with Crippen molar-refractivity contribution in [1.82, 2.24) is 4.90 Å². The van der Waals surface area contributed by atoms with Crippen molar-refractivity contribution in [2.75, 3.05) is 20.2 Å². The van der Waals surface area contributed by atoms with Crippen molar-refractivity contribution >= 4 is 11.9 Å². The molecule has 120 valence electrons. The van der Waals surface area contributed by atoms with Crippen LogP contribution in [0.2, 0.25) is 0 Å². The molecular formula is C17H23NO4. The third-order valence-corrected chi connectivity index (χ3v) is 4.16. The summed E-state index contributed by atoms with van der Waals surface area (Å²) in [5.74, 6) is 0.0587. The zero-order chi connectivity index (χ0) is 16.1. The number of carboxylic acids is 1. The molecule has 0 spiro atoms. The summed E-state index contributed by atoms with van der Waals surface area (Å²) in [4.78, 5) is 25.2. The maximum atomic E-state index is 12.7. The lowest BCUT2D eigenvalue weighted by Gasteiger charge is -2.33. The van der Waals surface area contributed by atoms with Gasteiger partial charge in [-0.3, -0.25) is 9.59 Å². The lowest BCUT2D eigenvalue weighted by atomic mass is 9.93. The van der Waals surface area contributed by atoms with E-state index in [0.717, 1.165) is 24.9 Å². The summed E-state index contributed by atoms with van der Waals surface area (Å²) >= 11 is 0. The first kappa shape index (κ1) is 16.3. The van der Waals surface area contributed by atoms with Crippen LogP contribution in [0.5, 0.6) is 5.75 Å².